The summed E-state index contributed by atoms with van der Waals surface area (Å²) in [6.07, 6.45) is 8.69. The van der Waals surface area contributed by atoms with Crippen LogP contribution < -0.4 is 5.32 Å². The monoisotopic (exact) mass is 453 g/mol. The number of aryl methyl sites for hydroxylation is 1. The number of rotatable bonds is 6. The molecule has 2 aliphatic rings. The number of nitrogens with one attached hydrogen (secondary N) is 1. The van der Waals surface area contributed by atoms with Crippen molar-refractivity contribution >= 4 is 28.9 Å². The Balaban J connectivity index is 1.36. The summed E-state index contributed by atoms with van der Waals surface area (Å²) in [7, 11) is 0. The first kappa shape index (κ1) is 21.1. The number of hydrogen-bond acceptors (Lipinski definition) is 7. The zero-order valence-electron chi connectivity index (χ0n) is 18.0. The molecule has 0 aliphatic heterocycles. The number of aliphatic carboxylic acids is 1. The molecule has 0 unspecified atom stereocenters. The molecule has 9 heteroatoms. The third kappa shape index (κ3) is 4.02. The van der Waals surface area contributed by atoms with Gasteiger partial charge in [-0.1, -0.05) is 6.07 Å². The molecule has 2 fully saturated rings. The van der Waals surface area contributed by atoms with Gasteiger partial charge in [-0.05, 0) is 75.1 Å². The Bertz CT molecular complexity index is 1130. The van der Waals surface area contributed by atoms with Gasteiger partial charge in [-0.3, -0.25) is 4.79 Å². The van der Waals surface area contributed by atoms with Gasteiger partial charge in [0.15, 0.2) is 0 Å². The first-order chi connectivity index (χ1) is 15.4. The van der Waals surface area contributed by atoms with Crippen molar-refractivity contribution in [3.05, 3.63) is 41.3 Å². The summed E-state index contributed by atoms with van der Waals surface area (Å²) in [4.78, 5) is 21.1. The van der Waals surface area contributed by atoms with E-state index in [2.05, 4.69) is 38.6 Å². The van der Waals surface area contributed by atoms with Crippen LogP contribution in [-0.2, 0) is 10.4 Å². The van der Waals surface area contributed by atoms with Gasteiger partial charge in [0, 0.05) is 11.9 Å². The van der Waals surface area contributed by atoms with Crippen molar-refractivity contribution in [3.8, 4) is 10.4 Å². The number of nitrogens with zero attached hydrogens (tertiary/aromatic N) is 4. The molecule has 0 atom stereocenters. The lowest BCUT2D eigenvalue weighted by molar-refractivity contribution is -0.145. The summed E-state index contributed by atoms with van der Waals surface area (Å²) in [6, 6.07) is 6.66. The van der Waals surface area contributed by atoms with E-state index in [0.717, 1.165) is 40.5 Å². The number of thiazole rings is 1. The molecule has 3 N–H and O–H groups in total. The molecular formula is C23H27N5O3S. The minimum atomic E-state index is -1.04. The number of hydrogen-bond donors (Lipinski definition) is 3. The Morgan fingerprint density at radius 3 is 2.66 bits per heavy atom. The molecule has 0 spiro atoms. The Morgan fingerprint density at radius 1 is 1.19 bits per heavy atom. The van der Waals surface area contributed by atoms with Gasteiger partial charge in [-0.15, -0.1) is 11.3 Å². The maximum Gasteiger partial charge on any atom is 0.306 e. The zero-order chi connectivity index (χ0) is 22.3. The predicted molar refractivity (Wildman–Crippen MR) is 122 cm³/mol. The van der Waals surface area contributed by atoms with Crippen molar-refractivity contribution in [2.24, 2.45) is 5.92 Å². The minimum Gasteiger partial charge on any atom is -0.481 e. The lowest BCUT2D eigenvalue weighted by atomic mass is 9.79. The van der Waals surface area contributed by atoms with E-state index in [9.17, 15) is 15.0 Å². The van der Waals surface area contributed by atoms with Gasteiger partial charge >= 0.3 is 5.97 Å². The van der Waals surface area contributed by atoms with Crippen LogP contribution in [0.15, 0.2) is 30.7 Å². The molecule has 0 radical (unpaired) electrons. The number of aromatic nitrogens is 4. The summed E-state index contributed by atoms with van der Waals surface area (Å²) < 4.78 is 1.97. The molecule has 168 valence electrons. The highest BCUT2D eigenvalue weighted by Crippen LogP contribution is 2.43. The highest BCUT2D eigenvalue weighted by Gasteiger charge is 2.39. The molecule has 1 aromatic carbocycles. The first-order valence-electron chi connectivity index (χ1n) is 11.1. The van der Waals surface area contributed by atoms with Gasteiger partial charge in [-0.25, -0.2) is 9.67 Å². The average Bonchev–Trinajstić information content (AvgIpc) is 3.37. The second-order valence-electron chi connectivity index (χ2n) is 9.00. The standard InChI is InChI=1S/C23H27N5O3S/c1-14-9-16(11-17(10-14)27-22-25-13-26-28(22)18-3-2-4-18)19-12-24-21(32-19)23(31)7-5-15(6-8-23)20(29)30/h9-13,15,18,31H,2-8H2,1H3,(H,29,30)(H,25,26,27). The summed E-state index contributed by atoms with van der Waals surface area (Å²) in [5, 5.41) is 28.8. The number of carboxylic acid groups (broad SMARTS) is 1. The molecule has 0 saturated heterocycles. The van der Waals surface area contributed by atoms with Crippen molar-refractivity contribution in [1.29, 1.82) is 0 Å². The third-order valence-corrected chi connectivity index (χ3v) is 7.92. The third-order valence-electron chi connectivity index (χ3n) is 6.68. The van der Waals surface area contributed by atoms with E-state index in [4.69, 9.17) is 0 Å². The van der Waals surface area contributed by atoms with Gasteiger partial charge in [-0.2, -0.15) is 10.1 Å². The van der Waals surface area contributed by atoms with Crippen LogP contribution in [0.1, 0.15) is 61.6 Å². The molecule has 0 amide bonds. The molecular weight excluding hydrogens is 426 g/mol. The molecule has 2 aliphatic carbocycles. The minimum absolute atomic E-state index is 0.373. The van der Waals surface area contributed by atoms with E-state index in [1.165, 1.54) is 17.8 Å². The fourth-order valence-corrected chi connectivity index (χ4v) is 5.59. The van der Waals surface area contributed by atoms with Gasteiger partial charge in [0.2, 0.25) is 5.95 Å². The number of aliphatic hydroxyl groups is 1. The van der Waals surface area contributed by atoms with Crippen LogP contribution in [0.4, 0.5) is 11.6 Å². The molecule has 3 aromatic rings. The van der Waals surface area contributed by atoms with E-state index in [1.54, 1.807) is 12.5 Å². The summed E-state index contributed by atoms with van der Waals surface area (Å²) >= 11 is 1.48. The fraction of sp³-hybridized carbons (Fsp3) is 0.478. The molecule has 2 aromatic heterocycles. The van der Waals surface area contributed by atoms with Crippen molar-refractivity contribution in [2.75, 3.05) is 5.32 Å². The quantitative estimate of drug-likeness (QED) is 0.498. The van der Waals surface area contributed by atoms with Crippen molar-refractivity contribution in [2.45, 2.75) is 63.5 Å². The SMILES string of the molecule is Cc1cc(Nc2ncnn2C2CCC2)cc(-c2cnc(C3(O)CCC(C(=O)O)CC3)s2)c1. The second-order valence-corrected chi connectivity index (χ2v) is 10.0. The maximum absolute atomic E-state index is 11.2. The molecule has 2 heterocycles. The van der Waals surface area contributed by atoms with E-state index in [-0.39, 0.29) is 5.92 Å². The zero-order valence-corrected chi connectivity index (χ0v) is 18.8. The van der Waals surface area contributed by atoms with Crippen LogP contribution in [0.5, 0.6) is 0 Å². The summed E-state index contributed by atoms with van der Waals surface area (Å²) in [5.74, 6) is -0.400. The Hall–Kier alpha value is -2.78. The largest absolute Gasteiger partial charge is 0.481 e. The van der Waals surface area contributed by atoms with E-state index in [1.807, 2.05) is 11.6 Å². The molecule has 8 nitrogen and oxygen atoms in total. The topological polar surface area (TPSA) is 113 Å². The highest BCUT2D eigenvalue weighted by atomic mass is 32.1. The Labute approximate surface area is 190 Å². The van der Waals surface area contributed by atoms with Crippen LogP contribution in [0, 0.1) is 12.8 Å². The van der Waals surface area contributed by atoms with E-state index >= 15 is 0 Å². The lowest BCUT2D eigenvalue weighted by Gasteiger charge is -2.32. The number of benzene rings is 1. The molecule has 32 heavy (non-hydrogen) atoms. The van der Waals surface area contributed by atoms with Crippen LogP contribution in [0.25, 0.3) is 10.4 Å². The number of carboxylic acids is 1. The van der Waals surface area contributed by atoms with E-state index in [0.29, 0.717) is 36.7 Å². The average molecular weight is 454 g/mol. The predicted octanol–water partition coefficient (Wildman–Crippen LogP) is 4.64. The Kier molecular flexibility index (Phi) is 5.46. The smallest absolute Gasteiger partial charge is 0.306 e. The van der Waals surface area contributed by atoms with Gasteiger partial charge in [0.1, 0.15) is 16.9 Å². The van der Waals surface area contributed by atoms with E-state index < -0.39 is 11.6 Å². The van der Waals surface area contributed by atoms with Gasteiger partial charge < -0.3 is 15.5 Å². The number of carbonyl (C=O) groups is 1. The van der Waals surface area contributed by atoms with Gasteiger partial charge in [0.05, 0.1) is 16.8 Å². The van der Waals surface area contributed by atoms with Crippen LogP contribution in [-0.4, -0.2) is 35.9 Å². The van der Waals surface area contributed by atoms with Crippen molar-refractivity contribution < 1.29 is 15.0 Å². The Morgan fingerprint density at radius 2 is 1.97 bits per heavy atom. The maximum atomic E-state index is 11.2. The highest BCUT2D eigenvalue weighted by molar-refractivity contribution is 7.15. The van der Waals surface area contributed by atoms with Crippen molar-refractivity contribution in [1.82, 2.24) is 19.7 Å². The van der Waals surface area contributed by atoms with Gasteiger partial charge in [0.25, 0.3) is 0 Å². The summed E-state index contributed by atoms with van der Waals surface area (Å²) in [5.41, 5.74) is 2.02. The van der Waals surface area contributed by atoms with Crippen LogP contribution >= 0.6 is 11.3 Å². The number of anilines is 2. The normalized spacial score (nSPS) is 23.6. The van der Waals surface area contributed by atoms with Crippen molar-refractivity contribution in [3.63, 3.8) is 0 Å². The molecule has 0 bridgehead atoms. The molecule has 2 saturated carbocycles. The summed E-state index contributed by atoms with van der Waals surface area (Å²) in [6.45, 7) is 2.05. The molecule has 5 rings (SSSR count). The van der Waals surface area contributed by atoms with Crippen LogP contribution in [0.2, 0.25) is 0 Å². The second kappa shape index (κ2) is 8.29. The lowest BCUT2D eigenvalue weighted by Crippen LogP contribution is -2.33. The van der Waals surface area contributed by atoms with Crippen LogP contribution in [0.3, 0.4) is 0 Å². The first-order valence-corrected chi connectivity index (χ1v) is 11.9. The fourth-order valence-electron chi connectivity index (χ4n) is 4.54.